The highest BCUT2D eigenvalue weighted by Crippen LogP contribution is 2.23. The summed E-state index contributed by atoms with van der Waals surface area (Å²) in [6.07, 6.45) is 3.21. The fourth-order valence-electron chi connectivity index (χ4n) is 2.30. The highest BCUT2D eigenvalue weighted by molar-refractivity contribution is 7.89. The molecule has 0 saturated carbocycles. The van der Waals surface area contributed by atoms with Gasteiger partial charge in [-0.25, -0.2) is 8.42 Å². The lowest BCUT2D eigenvalue weighted by molar-refractivity contribution is 0.594. The number of sulfone groups is 1. The number of rotatable bonds is 6. The monoisotopic (exact) mass is 366 g/mol. The topological polar surface area (TPSA) is 34.1 Å². The van der Waals surface area contributed by atoms with Crippen LogP contribution in [0, 0.1) is 0 Å². The summed E-state index contributed by atoms with van der Waals surface area (Å²) >= 11 is 11.9. The summed E-state index contributed by atoms with van der Waals surface area (Å²) in [5, 5.41) is 1.10. The Morgan fingerprint density at radius 1 is 0.826 bits per heavy atom. The zero-order valence-electron chi connectivity index (χ0n) is 12.4. The van der Waals surface area contributed by atoms with Crippen LogP contribution >= 0.6 is 23.2 Å². The van der Waals surface area contributed by atoms with E-state index in [0.29, 0.717) is 21.2 Å². The molecule has 0 aliphatic rings. The fourth-order valence-corrected chi connectivity index (χ4v) is 4.24. The number of benzene rings is 2. The van der Waals surface area contributed by atoms with Gasteiger partial charge in [-0.3, -0.25) is 0 Å². The van der Waals surface area contributed by atoms with Gasteiger partial charge < -0.3 is 0 Å². The molecule has 0 atom stereocenters. The van der Waals surface area contributed by atoms with Crippen molar-refractivity contribution in [2.24, 2.45) is 0 Å². The Morgan fingerprint density at radius 2 is 1.22 bits per heavy atom. The second-order valence-corrected chi connectivity index (χ2v) is 8.06. The van der Waals surface area contributed by atoms with Crippen LogP contribution in [0.3, 0.4) is 0 Å². The van der Waals surface area contributed by atoms with Gasteiger partial charge in [-0.05, 0) is 46.5 Å². The number of hydrogen-bond acceptors (Lipinski definition) is 2. The average molecular weight is 367 g/mol. The lowest BCUT2D eigenvalue weighted by atomic mass is 10.1. The van der Waals surface area contributed by atoms with Crippen LogP contribution in [0.4, 0.5) is 0 Å². The van der Waals surface area contributed by atoms with Crippen LogP contribution in [-0.2, 0) is 21.3 Å². The predicted octanol–water partition coefficient (Wildman–Crippen LogP) is 5.39. The van der Waals surface area contributed by atoms with Gasteiger partial charge in [0, 0.05) is 10.0 Å². The minimum absolute atomic E-state index is 0.0786. The average Bonchev–Trinajstić information content (AvgIpc) is 2.50. The molecule has 0 aliphatic carbocycles. The van der Waals surface area contributed by atoms with Crippen LogP contribution in [0.25, 0.3) is 12.2 Å². The first-order valence-corrected chi connectivity index (χ1v) is 9.44. The van der Waals surface area contributed by atoms with Crippen molar-refractivity contribution in [2.75, 3.05) is 0 Å². The third kappa shape index (κ3) is 4.71. The molecule has 5 heteroatoms. The summed E-state index contributed by atoms with van der Waals surface area (Å²) in [7, 11) is -3.36. The van der Waals surface area contributed by atoms with Crippen molar-refractivity contribution in [3.05, 3.63) is 81.9 Å². The molecule has 2 aromatic carbocycles. The maximum atomic E-state index is 12.5. The van der Waals surface area contributed by atoms with Gasteiger partial charge in [-0.15, -0.1) is 0 Å². The first-order chi connectivity index (χ1) is 10.8. The van der Waals surface area contributed by atoms with Crippen LogP contribution in [-0.4, -0.2) is 8.42 Å². The summed E-state index contributed by atoms with van der Waals surface area (Å²) < 4.78 is 25.1. The smallest absolute Gasteiger partial charge is 0.158 e. The van der Waals surface area contributed by atoms with E-state index >= 15 is 0 Å². The van der Waals surface area contributed by atoms with Crippen molar-refractivity contribution >= 4 is 45.2 Å². The summed E-state index contributed by atoms with van der Waals surface area (Å²) in [6.45, 7) is 7.40. The summed E-state index contributed by atoms with van der Waals surface area (Å²) in [5.74, 6) is -0.157. The summed E-state index contributed by atoms with van der Waals surface area (Å²) in [5.41, 5.74) is 2.80. The molecule has 0 aromatic heterocycles. The minimum atomic E-state index is -3.36. The molecule has 0 N–H and O–H groups in total. The molecule has 0 aliphatic heterocycles. The second kappa shape index (κ2) is 7.35. The van der Waals surface area contributed by atoms with Crippen LogP contribution < -0.4 is 0 Å². The zero-order chi connectivity index (χ0) is 17.0. The Hall–Kier alpha value is -1.55. The van der Waals surface area contributed by atoms with Gasteiger partial charge in [0.05, 0.1) is 11.5 Å². The third-order valence-corrected chi connectivity index (χ3v) is 5.38. The van der Waals surface area contributed by atoms with E-state index in [-0.39, 0.29) is 11.5 Å². The van der Waals surface area contributed by atoms with E-state index < -0.39 is 9.84 Å². The molecule has 2 rings (SSSR count). The lowest BCUT2D eigenvalue weighted by Gasteiger charge is -2.10. The van der Waals surface area contributed by atoms with Crippen molar-refractivity contribution < 1.29 is 8.42 Å². The minimum Gasteiger partial charge on any atom is -0.228 e. The SMILES string of the molecule is C=Cc1cc(Cl)ccc1CS(=O)(=O)Cc1ccc(Cl)cc1C=C. The second-order valence-electron chi connectivity index (χ2n) is 5.13. The molecule has 23 heavy (non-hydrogen) atoms. The quantitative estimate of drug-likeness (QED) is 0.686. The van der Waals surface area contributed by atoms with Crippen molar-refractivity contribution in [3.8, 4) is 0 Å². The van der Waals surface area contributed by atoms with E-state index in [1.807, 2.05) is 0 Å². The van der Waals surface area contributed by atoms with E-state index in [1.54, 1.807) is 48.6 Å². The van der Waals surface area contributed by atoms with E-state index in [4.69, 9.17) is 23.2 Å². The molecule has 0 fully saturated rings. The van der Waals surface area contributed by atoms with E-state index in [0.717, 1.165) is 11.1 Å². The van der Waals surface area contributed by atoms with Gasteiger partial charge in [0.1, 0.15) is 0 Å². The van der Waals surface area contributed by atoms with E-state index in [2.05, 4.69) is 13.2 Å². The molecule has 0 radical (unpaired) electrons. The van der Waals surface area contributed by atoms with Crippen LogP contribution in [0.2, 0.25) is 10.0 Å². The maximum absolute atomic E-state index is 12.5. The van der Waals surface area contributed by atoms with Gasteiger partial charge in [0.15, 0.2) is 9.84 Å². The highest BCUT2D eigenvalue weighted by Gasteiger charge is 2.17. The normalized spacial score (nSPS) is 11.2. The Morgan fingerprint density at radius 3 is 1.57 bits per heavy atom. The van der Waals surface area contributed by atoms with Crippen molar-refractivity contribution in [2.45, 2.75) is 11.5 Å². The van der Waals surface area contributed by atoms with Crippen LogP contribution in [0.5, 0.6) is 0 Å². The first kappa shape index (κ1) is 17.8. The van der Waals surface area contributed by atoms with E-state index in [1.165, 1.54) is 0 Å². The van der Waals surface area contributed by atoms with Gasteiger partial charge >= 0.3 is 0 Å². The molecule has 120 valence electrons. The third-order valence-electron chi connectivity index (χ3n) is 3.41. The molecule has 2 nitrogen and oxygen atoms in total. The lowest BCUT2D eigenvalue weighted by Crippen LogP contribution is -2.09. The standard InChI is InChI=1S/C18H16Cl2O2S/c1-3-13-9-17(19)7-5-15(13)11-23(21,22)12-16-6-8-18(20)10-14(16)4-2/h3-10H,1-2,11-12H2. The van der Waals surface area contributed by atoms with Gasteiger partial charge in [-0.1, -0.05) is 60.6 Å². The Kier molecular flexibility index (Phi) is 5.69. The maximum Gasteiger partial charge on any atom is 0.158 e. The molecular formula is C18H16Cl2O2S. The zero-order valence-corrected chi connectivity index (χ0v) is 14.8. The largest absolute Gasteiger partial charge is 0.228 e. The predicted molar refractivity (Wildman–Crippen MR) is 99.4 cm³/mol. The molecule has 0 heterocycles. The van der Waals surface area contributed by atoms with Crippen LogP contribution in [0.15, 0.2) is 49.6 Å². The molecule has 0 amide bonds. The summed E-state index contributed by atoms with van der Waals surface area (Å²) in [6, 6.07) is 10.2. The summed E-state index contributed by atoms with van der Waals surface area (Å²) in [4.78, 5) is 0. The van der Waals surface area contributed by atoms with E-state index in [9.17, 15) is 8.42 Å². The Labute approximate surface area is 147 Å². The van der Waals surface area contributed by atoms with Gasteiger partial charge in [-0.2, -0.15) is 0 Å². The van der Waals surface area contributed by atoms with Crippen molar-refractivity contribution in [1.82, 2.24) is 0 Å². The highest BCUT2D eigenvalue weighted by atomic mass is 35.5. The molecule has 0 bridgehead atoms. The number of hydrogen-bond donors (Lipinski definition) is 0. The molecule has 0 saturated heterocycles. The molecule has 2 aromatic rings. The fraction of sp³-hybridized carbons (Fsp3) is 0.111. The van der Waals surface area contributed by atoms with Crippen molar-refractivity contribution in [1.29, 1.82) is 0 Å². The molecule has 0 unspecified atom stereocenters. The molecule has 0 spiro atoms. The molecular weight excluding hydrogens is 351 g/mol. The first-order valence-electron chi connectivity index (χ1n) is 6.87. The van der Waals surface area contributed by atoms with Crippen molar-refractivity contribution in [3.63, 3.8) is 0 Å². The van der Waals surface area contributed by atoms with Gasteiger partial charge in [0.25, 0.3) is 0 Å². The number of halogens is 2. The Balaban J connectivity index is 2.30. The van der Waals surface area contributed by atoms with Gasteiger partial charge in [0.2, 0.25) is 0 Å². The Bertz CT molecular complexity index is 790. The van der Waals surface area contributed by atoms with Crippen LogP contribution in [0.1, 0.15) is 22.3 Å².